The van der Waals surface area contributed by atoms with E-state index < -0.39 is 0 Å². The highest BCUT2D eigenvalue weighted by molar-refractivity contribution is 5.55. The molecule has 26 heavy (non-hydrogen) atoms. The minimum atomic E-state index is 0.285. The molecule has 140 valence electrons. The first-order valence-corrected chi connectivity index (χ1v) is 9.14. The van der Waals surface area contributed by atoms with Crippen molar-refractivity contribution in [1.82, 2.24) is 5.16 Å². The molecule has 0 spiro atoms. The van der Waals surface area contributed by atoms with E-state index >= 15 is 0 Å². The van der Waals surface area contributed by atoms with Crippen LogP contribution >= 0.6 is 0 Å². The lowest BCUT2D eigenvalue weighted by Crippen LogP contribution is -2.11. The number of aromatic nitrogens is 1. The zero-order chi connectivity index (χ0) is 18.4. The molecule has 0 unspecified atom stereocenters. The molecule has 3 rings (SSSR count). The molecule has 1 aromatic carbocycles. The van der Waals surface area contributed by atoms with Crippen molar-refractivity contribution in [2.24, 2.45) is 4.99 Å². The molecule has 0 amide bonds. The maximum Gasteiger partial charge on any atom is 0.256 e. The Labute approximate surface area is 154 Å². The van der Waals surface area contributed by atoms with E-state index in [1.54, 1.807) is 7.11 Å². The Hall–Kier alpha value is -2.50. The van der Waals surface area contributed by atoms with Gasteiger partial charge in [0, 0.05) is 12.0 Å². The summed E-state index contributed by atoms with van der Waals surface area (Å²) >= 11 is 0. The molecular formula is C20H26N2O4. The monoisotopic (exact) mass is 358 g/mol. The fourth-order valence-corrected chi connectivity index (χ4v) is 3.11. The van der Waals surface area contributed by atoms with Crippen LogP contribution in [-0.4, -0.2) is 31.4 Å². The quantitative estimate of drug-likeness (QED) is 0.510. The summed E-state index contributed by atoms with van der Waals surface area (Å²) in [4.78, 5) is 4.15. The highest BCUT2D eigenvalue weighted by atomic mass is 16.5. The van der Waals surface area contributed by atoms with Gasteiger partial charge in [-0.1, -0.05) is 11.2 Å². The van der Waals surface area contributed by atoms with E-state index in [2.05, 4.69) is 10.1 Å². The van der Waals surface area contributed by atoms with E-state index in [9.17, 15) is 0 Å². The predicted octanol–water partition coefficient (Wildman–Crippen LogP) is 4.60. The maximum atomic E-state index is 6.17. The molecule has 6 heteroatoms. The van der Waals surface area contributed by atoms with Crippen molar-refractivity contribution in [1.29, 1.82) is 0 Å². The number of methoxy groups -OCH3 is 1. The van der Waals surface area contributed by atoms with Gasteiger partial charge in [-0.05, 0) is 57.2 Å². The number of rotatable bonds is 8. The van der Waals surface area contributed by atoms with Crippen molar-refractivity contribution in [2.75, 3.05) is 13.7 Å². The molecule has 1 heterocycles. The van der Waals surface area contributed by atoms with Crippen LogP contribution in [0.15, 0.2) is 27.7 Å². The Balaban J connectivity index is 1.75. The van der Waals surface area contributed by atoms with E-state index in [-0.39, 0.29) is 6.10 Å². The Morgan fingerprint density at radius 3 is 2.81 bits per heavy atom. The Bertz CT molecular complexity index is 748. The van der Waals surface area contributed by atoms with Crippen molar-refractivity contribution in [3.8, 4) is 11.5 Å². The first-order valence-electron chi connectivity index (χ1n) is 9.14. The van der Waals surface area contributed by atoms with Gasteiger partial charge in [-0.3, -0.25) is 0 Å². The van der Waals surface area contributed by atoms with Crippen LogP contribution in [0.1, 0.15) is 49.4 Å². The maximum absolute atomic E-state index is 6.17. The van der Waals surface area contributed by atoms with E-state index in [0.717, 1.165) is 41.2 Å². The summed E-state index contributed by atoms with van der Waals surface area (Å²) in [6.45, 7) is 4.42. The van der Waals surface area contributed by atoms with Crippen LogP contribution in [0, 0.1) is 6.92 Å². The molecule has 0 atom stereocenters. The number of aliphatic imine (C=N–C) groups is 1. The topological polar surface area (TPSA) is 66.1 Å². The van der Waals surface area contributed by atoms with Crippen LogP contribution in [0.5, 0.6) is 11.5 Å². The molecule has 1 aliphatic carbocycles. The number of hydrogen-bond donors (Lipinski definition) is 0. The van der Waals surface area contributed by atoms with Gasteiger partial charge in [-0.2, -0.15) is 4.99 Å². The number of ether oxygens (including phenoxy) is 3. The van der Waals surface area contributed by atoms with Gasteiger partial charge in [0.1, 0.15) is 0 Å². The minimum absolute atomic E-state index is 0.285. The first-order chi connectivity index (χ1) is 12.7. The second-order valence-corrected chi connectivity index (χ2v) is 6.44. The van der Waals surface area contributed by atoms with Gasteiger partial charge in [0.2, 0.25) is 0 Å². The normalized spacial score (nSPS) is 14.9. The first kappa shape index (κ1) is 18.3. The van der Waals surface area contributed by atoms with Gasteiger partial charge in [-0.15, -0.1) is 0 Å². The summed E-state index contributed by atoms with van der Waals surface area (Å²) in [5, 5.41) is 4.15. The van der Waals surface area contributed by atoms with Gasteiger partial charge in [0.25, 0.3) is 5.88 Å². The smallest absolute Gasteiger partial charge is 0.256 e. The average molecular weight is 358 g/mol. The molecule has 0 bridgehead atoms. The second kappa shape index (κ2) is 8.74. The lowest BCUT2D eigenvalue weighted by molar-refractivity contribution is 0.200. The minimum Gasteiger partial charge on any atom is -0.493 e. The second-order valence-electron chi connectivity index (χ2n) is 6.44. The number of nitrogens with zero attached hydrogens (tertiary/aromatic N) is 2. The summed E-state index contributed by atoms with van der Waals surface area (Å²) in [5.41, 5.74) is 2.86. The van der Waals surface area contributed by atoms with Crippen molar-refractivity contribution >= 4 is 12.3 Å². The third-order valence-corrected chi connectivity index (χ3v) is 4.60. The largest absolute Gasteiger partial charge is 0.493 e. The van der Waals surface area contributed by atoms with Crippen LogP contribution in [0.25, 0.3) is 0 Å². The van der Waals surface area contributed by atoms with Crippen LogP contribution in [0.2, 0.25) is 0 Å². The lowest BCUT2D eigenvalue weighted by Gasteiger charge is -2.16. The molecule has 2 aromatic rings. The van der Waals surface area contributed by atoms with Crippen LogP contribution in [-0.2, 0) is 11.2 Å². The third kappa shape index (κ3) is 4.36. The Morgan fingerprint density at radius 2 is 2.08 bits per heavy atom. The average Bonchev–Trinajstić information content (AvgIpc) is 3.27. The van der Waals surface area contributed by atoms with Crippen molar-refractivity contribution < 1.29 is 18.7 Å². The Kier molecular flexibility index (Phi) is 6.15. The van der Waals surface area contributed by atoms with E-state index in [1.165, 1.54) is 19.2 Å². The molecular weight excluding hydrogens is 332 g/mol. The van der Waals surface area contributed by atoms with E-state index in [1.807, 2.05) is 32.0 Å². The summed E-state index contributed by atoms with van der Waals surface area (Å²) in [6, 6.07) is 6.01. The van der Waals surface area contributed by atoms with Crippen molar-refractivity contribution in [2.45, 2.75) is 52.1 Å². The lowest BCUT2D eigenvalue weighted by atomic mass is 10.1. The molecule has 0 aliphatic heterocycles. The van der Waals surface area contributed by atoms with Gasteiger partial charge >= 0.3 is 0 Å². The molecule has 1 saturated carbocycles. The summed E-state index contributed by atoms with van der Waals surface area (Å²) in [6.07, 6.45) is 7.00. The molecule has 1 aromatic heterocycles. The number of benzene rings is 1. The van der Waals surface area contributed by atoms with E-state index in [4.69, 9.17) is 18.7 Å². The molecule has 0 radical (unpaired) electrons. The summed E-state index contributed by atoms with van der Waals surface area (Å²) in [5.74, 6) is 2.04. The highest BCUT2D eigenvalue weighted by Gasteiger charge is 2.19. The standard InChI is InChI=1S/C20H26N2O4/c1-4-24-13-21-20-14(2)17(22-26-20)11-15-9-10-18(23-3)19(12-15)25-16-7-5-6-8-16/h9-10,12-13,16H,4-8,11H2,1-3H3. The zero-order valence-corrected chi connectivity index (χ0v) is 15.7. The molecule has 1 aliphatic rings. The van der Waals surface area contributed by atoms with Crippen LogP contribution < -0.4 is 9.47 Å². The molecule has 0 saturated heterocycles. The van der Waals surface area contributed by atoms with Crippen LogP contribution in [0.3, 0.4) is 0 Å². The van der Waals surface area contributed by atoms with Crippen molar-refractivity contribution in [3.05, 3.63) is 35.0 Å². The fourth-order valence-electron chi connectivity index (χ4n) is 3.11. The van der Waals surface area contributed by atoms with Crippen molar-refractivity contribution in [3.63, 3.8) is 0 Å². The Morgan fingerprint density at radius 1 is 1.27 bits per heavy atom. The molecule has 0 N–H and O–H groups in total. The van der Waals surface area contributed by atoms with Gasteiger partial charge in [0.05, 0.1) is 25.5 Å². The summed E-state index contributed by atoms with van der Waals surface area (Å²) < 4.78 is 22.0. The third-order valence-electron chi connectivity index (χ3n) is 4.60. The van der Waals surface area contributed by atoms with Gasteiger partial charge < -0.3 is 18.7 Å². The van der Waals surface area contributed by atoms with Crippen LogP contribution in [0.4, 0.5) is 5.88 Å². The van der Waals surface area contributed by atoms with Gasteiger partial charge in [0.15, 0.2) is 17.9 Å². The van der Waals surface area contributed by atoms with Gasteiger partial charge in [-0.25, -0.2) is 0 Å². The SMILES string of the molecule is CCOC=Nc1onc(Cc2ccc(OC)c(OC3CCCC3)c2)c1C. The predicted molar refractivity (Wildman–Crippen MR) is 99.7 cm³/mol. The van der Waals surface area contributed by atoms with E-state index in [0.29, 0.717) is 18.9 Å². The highest BCUT2D eigenvalue weighted by Crippen LogP contribution is 2.33. The fraction of sp³-hybridized carbons (Fsp3) is 0.500. The molecule has 6 nitrogen and oxygen atoms in total. The number of hydrogen-bond acceptors (Lipinski definition) is 6. The summed E-state index contributed by atoms with van der Waals surface area (Å²) in [7, 11) is 1.67. The zero-order valence-electron chi connectivity index (χ0n) is 15.7. The molecule has 1 fully saturated rings.